The highest BCUT2D eigenvalue weighted by Gasteiger charge is 2.28. The second kappa shape index (κ2) is 5.08. The fourth-order valence-corrected chi connectivity index (χ4v) is 3.34. The van der Waals surface area contributed by atoms with Crippen LogP contribution in [0.5, 0.6) is 0 Å². The summed E-state index contributed by atoms with van der Waals surface area (Å²) in [6.45, 7) is 2.37. The van der Waals surface area contributed by atoms with Gasteiger partial charge in [0.15, 0.2) is 0 Å². The van der Waals surface area contributed by atoms with E-state index in [0.29, 0.717) is 6.04 Å². The van der Waals surface area contributed by atoms with Crippen molar-refractivity contribution in [3.05, 3.63) is 16.6 Å². The SMILES string of the molecule is CNC(Cc1nccs1)C1CCC(C)C1. The van der Waals surface area contributed by atoms with E-state index in [0.717, 1.165) is 18.3 Å². The lowest BCUT2D eigenvalue weighted by molar-refractivity contribution is 0.367. The highest BCUT2D eigenvalue weighted by Crippen LogP contribution is 2.33. The van der Waals surface area contributed by atoms with E-state index in [4.69, 9.17) is 0 Å². The molecule has 1 N–H and O–H groups in total. The van der Waals surface area contributed by atoms with Crippen LogP contribution in [0.2, 0.25) is 0 Å². The molecule has 1 saturated carbocycles. The first-order valence-electron chi connectivity index (χ1n) is 5.85. The molecule has 0 aromatic carbocycles. The minimum atomic E-state index is 0.626. The lowest BCUT2D eigenvalue weighted by Gasteiger charge is -2.22. The Morgan fingerprint density at radius 3 is 3.00 bits per heavy atom. The molecule has 1 aliphatic rings. The van der Waals surface area contributed by atoms with Crippen molar-refractivity contribution in [2.45, 2.75) is 38.6 Å². The zero-order chi connectivity index (χ0) is 10.7. The molecule has 1 fully saturated rings. The first-order valence-corrected chi connectivity index (χ1v) is 6.73. The Labute approximate surface area is 96.1 Å². The monoisotopic (exact) mass is 224 g/mol. The Bertz CT molecular complexity index is 284. The van der Waals surface area contributed by atoms with E-state index in [1.165, 1.54) is 24.3 Å². The summed E-state index contributed by atoms with van der Waals surface area (Å²) in [6, 6.07) is 0.626. The molecule has 15 heavy (non-hydrogen) atoms. The largest absolute Gasteiger partial charge is 0.316 e. The number of likely N-dealkylation sites (N-methyl/N-ethyl adjacent to an activating group) is 1. The van der Waals surface area contributed by atoms with Gasteiger partial charge in [0.05, 0.1) is 5.01 Å². The zero-order valence-corrected chi connectivity index (χ0v) is 10.4. The molecule has 0 saturated heterocycles. The van der Waals surface area contributed by atoms with Gasteiger partial charge in [0, 0.05) is 24.0 Å². The lowest BCUT2D eigenvalue weighted by Crippen LogP contribution is -2.34. The molecule has 3 heteroatoms. The van der Waals surface area contributed by atoms with Crippen molar-refractivity contribution >= 4 is 11.3 Å². The van der Waals surface area contributed by atoms with Gasteiger partial charge in [-0.1, -0.05) is 13.3 Å². The molecule has 1 aliphatic carbocycles. The minimum absolute atomic E-state index is 0.626. The van der Waals surface area contributed by atoms with Gasteiger partial charge >= 0.3 is 0 Å². The van der Waals surface area contributed by atoms with Gasteiger partial charge in [-0.25, -0.2) is 4.98 Å². The van der Waals surface area contributed by atoms with Gasteiger partial charge in [0.2, 0.25) is 0 Å². The fraction of sp³-hybridized carbons (Fsp3) is 0.750. The van der Waals surface area contributed by atoms with Crippen LogP contribution in [-0.2, 0) is 6.42 Å². The third-order valence-corrected chi connectivity index (χ3v) is 4.36. The summed E-state index contributed by atoms with van der Waals surface area (Å²) >= 11 is 1.78. The van der Waals surface area contributed by atoms with E-state index < -0.39 is 0 Å². The molecule has 3 atom stereocenters. The normalized spacial score (nSPS) is 28.1. The Hall–Kier alpha value is -0.410. The maximum absolute atomic E-state index is 4.37. The summed E-state index contributed by atoms with van der Waals surface area (Å²) in [5.41, 5.74) is 0. The maximum atomic E-state index is 4.37. The van der Waals surface area contributed by atoms with Gasteiger partial charge in [-0.05, 0) is 31.7 Å². The number of nitrogens with one attached hydrogen (secondary N) is 1. The van der Waals surface area contributed by atoms with E-state index in [1.54, 1.807) is 11.3 Å². The smallest absolute Gasteiger partial charge is 0.0940 e. The Morgan fingerprint density at radius 2 is 2.47 bits per heavy atom. The molecule has 1 heterocycles. The van der Waals surface area contributed by atoms with Crippen molar-refractivity contribution in [2.75, 3.05) is 7.05 Å². The number of rotatable bonds is 4. The van der Waals surface area contributed by atoms with Crippen molar-refractivity contribution in [1.29, 1.82) is 0 Å². The average molecular weight is 224 g/mol. The van der Waals surface area contributed by atoms with Crippen molar-refractivity contribution < 1.29 is 0 Å². The van der Waals surface area contributed by atoms with Gasteiger partial charge in [-0.2, -0.15) is 0 Å². The van der Waals surface area contributed by atoms with Crippen molar-refractivity contribution in [1.82, 2.24) is 10.3 Å². The lowest BCUT2D eigenvalue weighted by atomic mass is 9.95. The minimum Gasteiger partial charge on any atom is -0.316 e. The first kappa shape index (κ1) is 11.1. The third kappa shape index (κ3) is 2.79. The quantitative estimate of drug-likeness (QED) is 0.850. The van der Waals surface area contributed by atoms with Gasteiger partial charge in [0.25, 0.3) is 0 Å². The van der Waals surface area contributed by atoms with E-state index in [-0.39, 0.29) is 0 Å². The highest BCUT2D eigenvalue weighted by molar-refractivity contribution is 7.09. The number of hydrogen-bond donors (Lipinski definition) is 1. The summed E-state index contributed by atoms with van der Waals surface area (Å²) in [7, 11) is 2.08. The summed E-state index contributed by atoms with van der Waals surface area (Å²) in [4.78, 5) is 4.37. The van der Waals surface area contributed by atoms with Crippen LogP contribution < -0.4 is 5.32 Å². The van der Waals surface area contributed by atoms with E-state index in [1.807, 2.05) is 6.20 Å². The van der Waals surface area contributed by atoms with E-state index in [2.05, 4.69) is 29.7 Å². The molecule has 2 nitrogen and oxygen atoms in total. The molecule has 0 bridgehead atoms. The van der Waals surface area contributed by atoms with E-state index >= 15 is 0 Å². The Morgan fingerprint density at radius 1 is 1.60 bits per heavy atom. The number of aromatic nitrogens is 1. The molecular formula is C12H20N2S. The van der Waals surface area contributed by atoms with Crippen LogP contribution in [-0.4, -0.2) is 18.1 Å². The molecule has 3 unspecified atom stereocenters. The molecule has 0 aliphatic heterocycles. The van der Waals surface area contributed by atoms with Gasteiger partial charge in [0.1, 0.15) is 0 Å². The standard InChI is InChI=1S/C12H20N2S/c1-9-3-4-10(7-9)11(13-2)8-12-14-5-6-15-12/h5-6,9-11,13H,3-4,7-8H2,1-2H3. The zero-order valence-electron chi connectivity index (χ0n) is 9.57. The number of hydrogen-bond acceptors (Lipinski definition) is 3. The van der Waals surface area contributed by atoms with Crippen LogP contribution in [0.3, 0.4) is 0 Å². The summed E-state index contributed by atoms with van der Waals surface area (Å²) in [6.07, 6.45) is 7.19. The maximum Gasteiger partial charge on any atom is 0.0940 e. The van der Waals surface area contributed by atoms with Crippen LogP contribution in [0, 0.1) is 11.8 Å². The third-order valence-electron chi connectivity index (χ3n) is 3.55. The first-order chi connectivity index (χ1) is 7.29. The fourth-order valence-electron chi connectivity index (χ4n) is 2.66. The Kier molecular flexibility index (Phi) is 3.76. The number of nitrogens with zero attached hydrogens (tertiary/aromatic N) is 1. The van der Waals surface area contributed by atoms with Crippen molar-refractivity contribution in [2.24, 2.45) is 11.8 Å². The topological polar surface area (TPSA) is 24.9 Å². The second-order valence-corrected chi connectivity index (χ2v) is 5.68. The van der Waals surface area contributed by atoms with Crippen LogP contribution in [0.15, 0.2) is 11.6 Å². The van der Waals surface area contributed by atoms with Crippen LogP contribution in [0.1, 0.15) is 31.2 Å². The summed E-state index contributed by atoms with van der Waals surface area (Å²) in [5.74, 6) is 1.77. The molecule has 1 aromatic rings. The molecule has 1 aromatic heterocycles. The summed E-state index contributed by atoms with van der Waals surface area (Å²) in [5, 5.41) is 6.81. The molecular weight excluding hydrogens is 204 g/mol. The van der Waals surface area contributed by atoms with Crippen molar-refractivity contribution in [3.63, 3.8) is 0 Å². The van der Waals surface area contributed by atoms with Gasteiger partial charge in [-0.15, -0.1) is 11.3 Å². The average Bonchev–Trinajstić information content (AvgIpc) is 2.85. The molecule has 0 amide bonds. The summed E-state index contributed by atoms with van der Waals surface area (Å²) < 4.78 is 0. The molecule has 2 rings (SSSR count). The molecule has 0 spiro atoms. The van der Waals surface area contributed by atoms with Crippen LogP contribution in [0.4, 0.5) is 0 Å². The van der Waals surface area contributed by atoms with Crippen LogP contribution >= 0.6 is 11.3 Å². The van der Waals surface area contributed by atoms with Crippen LogP contribution in [0.25, 0.3) is 0 Å². The van der Waals surface area contributed by atoms with E-state index in [9.17, 15) is 0 Å². The van der Waals surface area contributed by atoms with Gasteiger partial charge < -0.3 is 5.32 Å². The second-order valence-electron chi connectivity index (χ2n) is 4.70. The predicted molar refractivity (Wildman–Crippen MR) is 65.2 cm³/mol. The van der Waals surface area contributed by atoms with Crippen molar-refractivity contribution in [3.8, 4) is 0 Å². The Balaban J connectivity index is 1.92. The van der Waals surface area contributed by atoms with Gasteiger partial charge in [-0.3, -0.25) is 0 Å². The number of thiazole rings is 1. The molecule has 0 radical (unpaired) electrons. The molecule has 84 valence electrons. The predicted octanol–water partition coefficient (Wildman–Crippen LogP) is 2.71. The highest BCUT2D eigenvalue weighted by atomic mass is 32.1.